The Morgan fingerprint density at radius 2 is 2.31 bits per heavy atom. The molecule has 0 aromatic heterocycles. The molecule has 1 rings (SSSR count). The van der Waals surface area contributed by atoms with Crippen LogP contribution in [0.4, 0.5) is 0 Å². The number of ether oxygens (including phenoxy) is 1. The smallest absolute Gasteiger partial charge is 0.308 e. The van der Waals surface area contributed by atoms with Crippen LogP contribution in [-0.2, 0) is 4.79 Å². The number of hydrogen-bond donors (Lipinski definition) is 1. The van der Waals surface area contributed by atoms with E-state index < -0.39 is 0 Å². The number of nitrogens with two attached hydrogens (primary N) is 1. The van der Waals surface area contributed by atoms with Crippen molar-refractivity contribution < 1.29 is 9.53 Å². The number of nitrogens with zero attached hydrogens (tertiary/aromatic N) is 1. The maximum absolute atomic E-state index is 10.7. The molecule has 0 bridgehead atoms. The fraction of sp³-hybridized carbons (Fsp3) is 0.273. The minimum atomic E-state index is -0.374. The lowest BCUT2D eigenvalue weighted by atomic mass is 10.1. The van der Waals surface area contributed by atoms with Crippen molar-refractivity contribution in [2.24, 2.45) is 5.73 Å². The monoisotopic (exact) mass is 240 g/mol. The van der Waals surface area contributed by atoms with Gasteiger partial charge in [-0.05, 0) is 17.7 Å². The highest BCUT2D eigenvalue weighted by molar-refractivity contribution is 5.85. The van der Waals surface area contributed by atoms with Crippen LogP contribution in [0.3, 0.4) is 0 Å². The van der Waals surface area contributed by atoms with Gasteiger partial charge in [-0.25, -0.2) is 0 Å². The van der Waals surface area contributed by atoms with Crippen molar-refractivity contribution in [1.82, 2.24) is 0 Å². The van der Waals surface area contributed by atoms with Crippen molar-refractivity contribution in [3.05, 3.63) is 29.8 Å². The Kier molecular flexibility index (Phi) is 6.16. The molecule has 2 N–H and O–H groups in total. The lowest BCUT2D eigenvalue weighted by Gasteiger charge is -2.09. The van der Waals surface area contributed by atoms with Crippen molar-refractivity contribution in [2.75, 3.05) is 0 Å². The molecule has 0 aliphatic rings. The second kappa shape index (κ2) is 6.83. The number of benzene rings is 1. The van der Waals surface area contributed by atoms with Crippen LogP contribution >= 0.6 is 12.4 Å². The van der Waals surface area contributed by atoms with Crippen LogP contribution in [0.1, 0.15) is 24.9 Å². The van der Waals surface area contributed by atoms with Gasteiger partial charge >= 0.3 is 5.97 Å². The fourth-order valence-electron chi connectivity index (χ4n) is 1.19. The van der Waals surface area contributed by atoms with E-state index in [4.69, 9.17) is 15.7 Å². The third-order valence-corrected chi connectivity index (χ3v) is 1.86. The van der Waals surface area contributed by atoms with Crippen molar-refractivity contribution >= 4 is 18.4 Å². The van der Waals surface area contributed by atoms with Gasteiger partial charge in [-0.1, -0.05) is 12.1 Å². The molecule has 86 valence electrons. The average Bonchev–Trinajstić information content (AvgIpc) is 2.17. The third kappa shape index (κ3) is 4.30. The highest BCUT2D eigenvalue weighted by Gasteiger charge is 2.06. The van der Waals surface area contributed by atoms with E-state index in [1.54, 1.807) is 24.3 Å². The SMILES string of the molecule is CC(=O)Oc1cccc([C@H](N)CC#N)c1.Cl. The zero-order valence-corrected chi connectivity index (χ0v) is 9.66. The van der Waals surface area contributed by atoms with Crippen LogP contribution in [0.5, 0.6) is 5.75 Å². The Morgan fingerprint density at radius 3 is 2.88 bits per heavy atom. The van der Waals surface area contributed by atoms with E-state index >= 15 is 0 Å². The highest BCUT2D eigenvalue weighted by Crippen LogP contribution is 2.19. The molecule has 1 aromatic carbocycles. The quantitative estimate of drug-likeness (QED) is 0.647. The number of carbonyl (C=O) groups excluding carboxylic acids is 1. The molecule has 0 fully saturated rings. The van der Waals surface area contributed by atoms with E-state index in [0.717, 1.165) is 5.56 Å². The van der Waals surface area contributed by atoms with Crippen LogP contribution in [-0.4, -0.2) is 5.97 Å². The first kappa shape index (κ1) is 14.4. The minimum absolute atomic E-state index is 0. The third-order valence-electron chi connectivity index (χ3n) is 1.86. The normalized spacial score (nSPS) is 10.8. The maximum Gasteiger partial charge on any atom is 0.308 e. The summed E-state index contributed by atoms with van der Waals surface area (Å²) >= 11 is 0. The summed E-state index contributed by atoms with van der Waals surface area (Å²) in [7, 11) is 0. The van der Waals surface area contributed by atoms with Gasteiger partial charge in [-0.3, -0.25) is 4.79 Å². The van der Waals surface area contributed by atoms with Crippen molar-refractivity contribution in [2.45, 2.75) is 19.4 Å². The second-order valence-corrected chi connectivity index (χ2v) is 3.13. The van der Waals surface area contributed by atoms with Crippen LogP contribution in [0.15, 0.2) is 24.3 Å². The van der Waals surface area contributed by atoms with E-state index in [0.29, 0.717) is 5.75 Å². The summed E-state index contributed by atoms with van der Waals surface area (Å²) in [6.07, 6.45) is 0.240. The van der Waals surface area contributed by atoms with Gasteiger partial charge in [0.15, 0.2) is 0 Å². The molecule has 5 heteroatoms. The lowest BCUT2D eigenvalue weighted by molar-refractivity contribution is -0.131. The molecular weight excluding hydrogens is 228 g/mol. The summed E-state index contributed by atoms with van der Waals surface area (Å²) in [6.45, 7) is 1.34. The second-order valence-electron chi connectivity index (χ2n) is 3.13. The molecule has 0 saturated heterocycles. The van der Waals surface area contributed by atoms with Gasteiger partial charge in [0.2, 0.25) is 0 Å². The molecule has 4 nitrogen and oxygen atoms in total. The summed E-state index contributed by atoms with van der Waals surface area (Å²) in [5.41, 5.74) is 6.53. The first-order valence-corrected chi connectivity index (χ1v) is 4.54. The van der Waals surface area contributed by atoms with Gasteiger partial charge in [0.05, 0.1) is 12.5 Å². The van der Waals surface area contributed by atoms with E-state index in [9.17, 15) is 4.79 Å². The Morgan fingerprint density at radius 1 is 1.62 bits per heavy atom. The predicted octanol–water partition coefficient (Wildman–Crippen LogP) is 1.95. The van der Waals surface area contributed by atoms with Gasteiger partial charge in [-0.15, -0.1) is 12.4 Å². The maximum atomic E-state index is 10.7. The van der Waals surface area contributed by atoms with Gasteiger partial charge < -0.3 is 10.5 Å². The van der Waals surface area contributed by atoms with E-state index in [2.05, 4.69) is 0 Å². The molecule has 0 radical (unpaired) electrons. The van der Waals surface area contributed by atoms with Gasteiger partial charge in [0.1, 0.15) is 5.75 Å². The Balaban J connectivity index is 0.00000225. The number of rotatable bonds is 3. The van der Waals surface area contributed by atoms with Crippen LogP contribution in [0.25, 0.3) is 0 Å². The first-order valence-electron chi connectivity index (χ1n) is 4.54. The molecular formula is C11H13ClN2O2. The highest BCUT2D eigenvalue weighted by atomic mass is 35.5. The van der Waals surface area contributed by atoms with Gasteiger partial charge in [-0.2, -0.15) is 5.26 Å². The summed E-state index contributed by atoms with van der Waals surface area (Å²) in [6, 6.07) is 8.53. The number of hydrogen-bond acceptors (Lipinski definition) is 4. The Bertz CT molecular complexity index is 401. The van der Waals surface area contributed by atoms with Crippen molar-refractivity contribution in [1.29, 1.82) is 5.26 Å². The molecule has 1 aromatic rings. The topological polar surface area (TPSA) is 76.1 Å². The summed E-state index contributed by atoms with van der Waals surface area (Å²) in [5, 5.41) is 8.50. The zero-order valence-electron chi connectivity index (χ0n) is 8.84. The molecule has 1 atom stereocenters. The molecule has 0 saturated carbocycles. The zero-order chi connectivity index (χ0) is 11.3. The van der Waals surface area contributed by atoms with E-state index in [-0.39, 0.29) is 30.8 Å². The van der Waals surface area contributed by atoms with Gasteiger partial charge in [0, 0.05) is 13.0 Å². The fourth-order valence-corrected chi connectivity index (χ4v) is 1.19. The number of esters is 1. The Hall–Kier alpha value is -1.57. The summed E-state index contributed by atoms with van der Waals surface area (Å²) < 4.78 is 4.91. The number of carbonyl (C=O) groups is 1. The molecule has 0 unspecified atom stereocenters. The van der Waals surface area contributed by atoms with Crippen LogP contribution in [0, 0.1) is 11.3 Å². The molecule has 0 aliphatic heterocycles. The Labute approximate surface area is 100 Å². The molecule has 0 aliphatic carbocycles. The minimum Gasteiger partial charge on any atom is -0.427 e. The molecule has 0 spiro atoms. The van der Waals surface area contributed by atoms with Gasteiger partial charge in [0.25, 0.3) is 0 Å². The standard InChI is InChI=1S/C11H12N2O2.ClH/c1-8(14)15-10-4-2-3-9(7-10)11(13)5-6-12;/h2-4,7,11H,5,13H2,1H3;1H/t11-;/m1./s1. The van der Waals surface area contributed by atoms with E-state index in [1.165, 1.54) is 6.92 Å². The predicted molar refractivity (Wildman–Crippen MR) is 62.2 cm³/mol. The number of halogens is 1. The summed E-state index contributed by atoms with van der Waals surface area (Å²) in [5.74, 6) is 0.0781. The first-order chi connectivity index (χ1) is 7.13. The summed E-state index contributed by atoms with van der Waals surface area (Å²) in [4.78, 5) is 10.7. The molecule has 0 amide bonds. The van der Waals surface area contributed by atoms with Crippen molar-refractivity contribution in [3.63, 3.8) is 0 Å². The number of nitriles is 1. The molecule has 16 heavy (non-hydrogen) atoms. The van der Waals surface area contributed by atoms with Crippen molar-refractivity contribution in [3.8, 4) is 11.8 Å². The molecule has 0 heterocycles. The van der Waals surface area contributed by atoms with Crippen LogP contribution < -0.4 is 10.5 Å². The average molecular weight is 241 g/mol. The van der Waals surface area contributed by atoms with Crippen LogP contribution in [0.2, 0.25) is 0 Å². The van der Waals surface area contributed by atoms with E-state index in [1.807, 2.05) is 6.07 Å². The lowest BCUT2D eigenvalue weighted by Crippen LogP contribution is -2.09. The largest absolute Gasteiger partial charge is 0.427 e.